The van der Waals surface area contributed by atoms with Gasteiger partial charge in [0.05, 0.1) is 0 Å². The zero-order chi connectivity index (χ0) is 16.1. The van der Waals surface area contributed by atoms with Gasteiger partial charge >= 0.3 is 0 Å². The van der Waals surface area contributed by atoms with Crippen molar-refractivity contribution in [1.29, 1.82) is 0 Å². The van der Waals surface area contributed by atoms with E-state index in [9.17, 15) is 0 Å². The molecule has 1 unspecified atom stereocenters. The molecule has 0 aliphatic heterocycles. The van der Waals surface area contributed by atoms with Gasteiger partial charge in [0.2, 0.25) is 0 Å². The standard InChI is InChI=1S/C21H19ClP/c1-2-21(22)23(18-12-6-3-7-13-18,19-14-8-4-9-15-19)20-16-10-5-11-17-20/h2-17,21H,1H2/q+1. The van der Waals surface area contributed by atoms with E-state index >= 15 is 0 Å². The Morgan fingerprint density at radius 1 is 0.652 bits per heavy atom. The minimum absolute atomic E-state index is 0.158. The number of hydrogen-bond donors (Lipinski definition) is 0. The van der Waals surface area contributed by atoms with Crippen molar-refractivity contribution in [2.24, 2.45) is 0 Å². The molecule has 1 atom stereocenters. The molecule has 114 valence electrons. The first-order chi connectivity index (χ1) is 11.3. The molecule has 0 aromatic heterocycles. The molecule has 0 aliphatic carbocycles. The third-order valence-electron chi connectivity index (χ3n) is 4.05. The molecule has 3 aromatic rings. The van der Waals surface area contributed by atoms with E-state index < -0.39 is 7.26 Å². The second-order valence-electron chi connectivity index (χ2n) is 5.34. The van der Waals surface area contributed by atoms with Gasteiger partial charge in [-0.05, 0) is 42.5 Å². The fraction of sp³-hybridized carbons (Fsp3) is 0.0476. The number of hydrogen-bond acceptors (Lipinski definition) is 0. The van der Waals surface area contributed by atoms with Crippen LogP contribution in [0.5, 0.6) is 0 Å². The maximum absolute atomic E-state index is 6.92. The summed E-state index contributed by atoms with van der Waals surface area (Å²) in [5, 5.41) is 3.67. The van der Waals surface area contributed by atoms with Crippen LogP contribution in [0.3, 0.4) is 0 Å². The van der Waals surface area contributed by atoms with Crippen LogP contribution < -0.4 is 15.9 Å². The topological polar surface area (TPSA) is 0 Å². The van der Waals surface area contributed by atoms with Crippen molar-refractivity contribution in [2.75, 3.05) is 0 Å². The van der Waals surface area contributed by atoms with Gasteiger partial charge in [-0.1, -0.05) is 72.8 Å². The summed E-state index contributed by atoms with van der Waals surface area (Å²) in [7, 11) is -2.00. The Bertz CT molecular complexity index is 657. The Balaban J connectivity index is 2.38. The van der Waals surface area contributed by atoms with E-state index in [0.29, 0.717) is 0 Å². The molecule has 3 aromatic carbocycles. The molecule has 0 radical (unpaired) electrons. The van der Waals surface area contributed by atoms with Crippen molar-refractivity contribution in [3.8, 4) is 0 Å². The van der Waals surface area contributed by atoms with E-state index in [1.165, 1.54) is 15.9 Å². The lowest BCUT2D eigenvalue weighted by atomic mass is 10.4. The fourth-order valence-electron chi connectivity index (χ4n) is 3.02. The molecule has 0 saturated heterocycles. The Kier molecular flexibility index (Phi) is 4.96. The number of allylic oxidation sites excluding steroid dienone is 1. The number of halogens is 1. The van der Waals surface area contributed by atoms with Crippen molar-refractivity contribution in [3.63, 3.8) is 0 Å². The highest BCUT2D eigenvalue weighted by Gasteiger charge is 2.50. The third kappa shape index (κ3) is 2.85. The van der Waals surface area contributed by atoms with Gasteiger partial charge in [0, 0.05) is 0 Å². The van der Waals surface area contributed by atoms with Crippen LogP contribution in [0.25, 0.3) is 0 Å². The van der Waals surface area contributed by atoms with E-state index in [1.54, 1.807) is 0 Å². The average Bonchev–Trinajstić information content (AvgIpc) is 2.65. The molecule has 2 heteroatoms. The molecule has 0 fully saturated rings. The lowest BCUT2D eigenvalue weighted by Crippen LogP contribution is -2.36. The SMILES string of the molecule is C=CC(Cl)[P+](c1ccccc1)(c1ccccc1)c1ccccc1. The quantitative estimate of drug-likeness (QED) is 0.358. The van der Waals surface area contributed by atoms with Crippen LogP contribution in [0.2, 0.25) is 0 Å². The molecular formula is C21H19ClP+. The van der Waals surface area contributed by atoms with Crippen LogP contribution in [0, 0.1) is 0 Å². The monoisotopic (exact) mass is 337 g/mol. The van der Waals surface area contributed by atoms with Crippen LogP contribution in [0.4, 0.5) is 0 Å². The Morgan fingerprint density at radius 3 is 1.22 bits per heavy atom. The van der Waals surface area contributed by atoms with E-state index in [-0.39, 0.29) is 5.12 Å². The largest absolute Gasteiger partial charge is 0.174 e. The van der Waals surface area contributed by atoms with Crippen LogP contribution >= 0.6 is 18.9 Å². The highest BCUT2D eigenvalue weighted by molar-refractivity contribution is 7.97. The summed E-state index contributed by atoms with van der Waals surface area (Å²) < 4.78 is 0. The van der Waals surface area contributed by atoms with Gasteiger partial charge in [-0.15, -0.1) is 0 Å². The Hall–Kier alpha value is -1.88. The minimum Gasteiger partial charge on any atom is -0.0979 e. The van der Waals surface area contributed by atoms with E-state index in [0.717, 1.165) is 0 Å². The summed E-state index contributed by atoms with van der Waals surface area (Å²) in [6.07, 6.45) is 1.88. The Labute approximate surface area is 143 Å². The van der Waals surface area contributed by atoms with Crippen LogP contribution in [-0.2, 0) is 0 Å². The maximum Gasteiger partial charge on any atom is 0.174 e. The van der Waals surface area contributed by atoms with Gasteiger partial charge < -0.3 is 0 Å². The molecule has 0 heterocycles. The molecule has 0 aliphatic rings. The predicted octanol–water partition coefficient (Wildman–Crippen LogP) is 4.73. The summed E-state index contributed by atoms with van der Waals surface area (Å²) in [4.78, 5) is 0. The smallest absolute Gasteiger partial charge is 0.0979 e. The van der Waals surface area contributed by atoms with Crippen molar-refractivity contribution < 1.29 is 0 Å². The zero-order valence-corrected chi connectivity index (χ0v) is 14.5. The highest BCUT2D eigenvalue weighted by atomic mass is 35.5. The molecule has 3 rings (SSSR count). The van der Waals surface area contributed by atoms with E-state index in [2.05, 4.69) is 79.4 Å². The molecule has 0 N–H and O–H groups in total. The first-order valence-corrected chi connectivity index (χ1v) is 9.92. The molecule has 0 spiro atoms. The van der Waals surface area contributed by atoms with Crippen molar-refractivity contribution in [3.05, 3.63) is 104 Å². The second kappa shape index (κ2) is 7.13. The van der Waals surface area contributed by atoms with Gasteiger partial charge in [-0.3, -0.25) is 0 Å². The normalized spacial score (nSPS) is 12.6. The van der Waals surface area contributed by atoms with Crippen molar-refractivity contribution >= 4 is 34.8 Å². The lowest BCUT2D eigenvalue weighted by Gasteiger charge is -2.29. The lowest BCUT2D eigenvalue weighted by molar-refractivity contribution is 1.57. The van der Waals surface area contributed by atoms with Gasteiger partial charge in [0.15, 0.2) is 5.12 Å². The van der Waals surface area contributed by atoms with Crippen LogP contribution in [-0.4, -0.2) is 5.12 Å². The van der Waals surface area contributed by atoms with Gasteiger partial charge in [0.25, 0.3) is 0 Å². The summed E-state index contributed by atoms with van der Waals surface area (Å²) in [6, 6.07) is 31.8. The number of rotatable bonds is 5. The predicted molar refractivity (Wildman–Crippen MR) is 105 cm³/mol. The van der Waals surface area contributed by atoms with Crippen molar-refractivity contribution in [2.45, 2.75) is 5.12 Å². The molecule has 23 heavy (non-hydrogen) atoms. The zero-order valence-electron chi connectivity index (χ0n) is 12.8. The van der Waals surface area contributed by atoms with Gasteiger partial charge in [-0.2, -0.15) is 0 Å². The molecule has 0 amide bonds. The van der Waals surface area contributed by atoms with Gasteiger partial charge in [-0.25, -0.2) is 0 Å². The minimum atomic E-state index is -2.00. The molecule has 0 bridgehead atoms. The first-order valence-electron chi connectivity index (χ1n) is 7.62. The molecular weight excluding hydrogens is 319 g/mol. The van der Waals surface area contributed by atoms with E-state index in [4.69, 9.17) is 11.6 Å². The maximum atomic E-state index is 6.92. The first kappa shape index (κ1) is 16.0. The second-order valence-corrected chi connectivity index (χ2v) is 9.66. The van der Waals surface area contributed by atoms with Crippen LogP contribution in [0.1, 0.15) is 0 Å². The average molecular weight is 338 g/mol. The summed E-state index contributed by atoms with van der Waals surface area (Å²) in [5.74, 6) is 0. The fourth-order valence-corrected chi connectivity index (χ4v) is 8.03. The van der Waals surface area contributed by atoms with Crippen LogP contribution in [0.15, 0.2) is 104 Å². The summed E-state index contributed by atoms with van der Waals surface area (Å²) in [6.45, 7) is 4.00. The molecule has 0 nitrogen and oxygen atoms in total. The third-order valence-corrected chi connectivity index (χ3v) is 9.40. The Morgan fingerprint density at radius 2 is 0.957 bits per heavy atom. The highest BCUT2D eigenvalue weighted by Crippen LogP contribution is 2.61. The number of alkyl halides is 1. The number of benzene rings is 3. The van der Waals surface area contributed by atoms with E-state index in [1.807, 2.05) is 24.3 Å². The molecule has 0 saturated carbocycles. The van der Waals surface area contributed by atoms with Crippen molar-refractivity contribution in [1.82, 2.24) is 0 Å². The van der Waals surface area contributed by atoms with Gasteiger partial charge in [0.1, 0.15) is 23.2 Å². The summed E-state index contributed by atoms with van der Waals surface area (Å²) in [5.41, 5.74) is 0. The summed E-state index contributed by atoms with van der Waals surface area (Å²) >= 11 is 6.92.